The highest BCUT2D eigenvalue weighted by atomic mass is 16.6. The van der Waals surface area contributed by atoms with Crippen molar-refractivity contribution in [2.24, 2.45) is 0 Å². The molecule has 0 aromatic heterocycles. The van der Waals surface area contributed by atoms with E-state index in [4.69, 9.17) is 0 Å². The highest BCUT2D eigenvalue weighted by Gasteiger charge is 2.46. The average Bonchev–Trinajstić information content (AvgIpc) is 3.20. The molecule has 2 aromatic rings. The summed E-state index contributed by atoms with van der Waals surface area (Å²) in [5.41, 5.74) is 1.05. The van der Waals surface area contributed by atoms with Crippen molar-refractivity contribution in [2.75, 3.05) is 11.4 Å². The van der Waals surface area contributed by atoms with Gasteiger partial charge in [0.05, 0.1) is 10.5 Å². The molecule has 8 nitrogen and oxygen atoms in total. The van der Waals surface area contributed by atoms with Gasteiger partial charge >= 0.3 is 0 Å². The van der Waals surface area contributed by atoms with Crippen molar-refractivity contribution >= 4 is 29.1 Å². The number of hydrogen-bond donors (Lipinski definition) is 0. The predicted molar refractivity (Wildman–Crippen MR) is 95.6 cm³/mol. The van der Waals surface area contributed by atoms with Crippen LogP contribution in [0.4, 0.5) is 11.4 Å². The first-order chi connectivity index (χ1) is 12.9. The van der Waals surface area contributed by atoms with Crippen LogP contribution in [0.1, 0.15) is 33.2 Å². The molecule has 0 saturated carbocycles. The maximum Gasteiger partial charge on any atom is 0.282 e. The topological polar surface area (TPSA) is 101 Å². The van der Waals surface area contributed by atoms with Crippen LogP contribution in [-0.4, -0.2) is 40.1 Å². The molecule has 0 bridgehead atoms. The van der Waals surface area contributed by atoms with Crippen LogP contribution in [0.15, 0.2) is 42.5 Å². The molecule has 3 amide bonds. The number of carbonyl (C=O) groups excluding carboxylic acids is 3. The van der Waals surface area contributed by atoms with Gasteiger partial charge in [0.25, 0.3) is 17.5 Å². The van der Waals surface area contributed by atoms with E-state index in [0.29, 0.717) is 13.0 Å². The van der Waals surface area contributed by atoms with Crippen LogP contribution in [0.2, 0.25) is 0 Å². The molecule has 0 spiro atoms. The molecule has 4 rings (SSSR count). The fourth-order valence-electron chi connectivity index (χ4n) is 3.69. The lowest BCUT2D eigenvalue weighted by Crippen LogP contribution is -2.49. The van der Waals surface area contributed by atoms with Gasteiger partial charge in [-0.1, -0.05) is 24.3 Å². The van der Waals surface area contributed by atoms with Crippen molar-refractivity contribution in [1.82, 2.24) is 4.90 Å². The lowest BCUT2D eigenvalue weighted by Gasteiger charge is -2.26. The van der Waals surface area contributed by atoms with Crippen LogP contribution >= 0.6 is 0 Å². The van der Waals surface area contributed by atoms with Crippen LogP contribution in [0.3, 0.4) is 0 Å². The number of rotatable bonds is 3. The van der Waals surface area contributed by atoms with Crippen LogP contribution in [0.25, 0.3) is 0 Å². The van der Waals surface area contributed by atoms with Gasteiger partial charge in [-0.15, -0.1) is 0 Å². The number of imide groups is 1. The molecule has 2 heterocycles. The number of nitrogens with zero attached hydrogens (tertiary/aromatic N) is 3. The summed E-state index contributed by atoms with van der Waals surface area (Å²) in [7, 11) is 0. The smallest absolute Gasteiger partial charge is 0.282 e. The summed E-state index contributed by atoms with van der Waals surface area (Å²) in [4.78, 5) is 51.4. The molecule has 0 saturated heterocycles. The van der Waals surface area contributed by atoms with E-state index < -0.39 is 34.4 Å². The fourth-order valence-corrected chi connectivity index (χ4v) is 3.69. The lowest BCUT2D eigenvalue weighted by molar-refractivity contribution is -0.385. The molecule has 0 N–H and O–H groups in total. The SMILES string of the molecule is C[C@@H](C(=O)N1CCc2ccccc21)N1C(=O)c2cccc([N+](=O)[O-])c2C1=O. The van der Waals surface area contributed by atoms with E-state index in [1.165, 1.54) is 25.1 Å². The van der Waals surface area contributed by atoms with E-state index in [1.807, 2.05) is 24.3 Å². The monoisotopic (exact) mass is 365 g/mol. The van der Waals surface area contributed by atoms with Gasteiger partial charge in [-0.25, -0.2) is 0 Å². The summed E-state index contributed by atoms with van der Waals surface area (Å²) in [6.07, 6.45) is 0.697. The number of hydrogen-bond acceptors (Lipinski definition) is 5. The van der Waals surface area contributed by atoms with Crippen molar-refractivity contribution in [2.45, 2.75) is 19.4 Å². The van der Waals surface area contributed by atoms with Crippen molar-refractivity contribution in [1.29, 1.82) is 0 Å². The zero-order valence-electron chi connectivity index (χ0n) is 14.4. The fraction of sp³-hybridized carbons (Fsp3) is 0.211. The Morgan fingerprint density at radius 2 is 1.85 bits per heavy atom. The molecule has 2 aliphatic heterocycles. The Morgan fingerprint density at radius 3 is 2.59 bits per heavy atom. The third kappa shape index (κ3) is 2.41. The normalized spacial score (nSPS) is 16.3. The van der Waals surface area contributed by atoms with E-state index in [0.717, 1.165) is 16.2 Å². The van der Waals surface area contributed by atoms with E-state index in [1.54, 1.807) is 4.90 Å². The second-order valence-corrected chi connectivity index (χ2v) is 6.48. The molecule has 0 radical (unpaired) electrons. The zero-order chi connectivity index (χ0) is 19.3. The summed E-state index contributed by atoms with van der Waals surface area (Å²) in [5.74, 6) is -1.89. The molecule has 27 heavy (non-hydrogen) atoms. The van der Waals surface area contributed by atoms with Gasteiger partial charge in [0.1, 0.15) is 11.6 Å². The first-order valence-electron chi connectivity index (χ1n) is 8.46. The quantitative estimate of drug-likeness (QED) is 0.471. The Morgan fingerprint density at radius 1 is 1.11 bits per heavy atom. The highest BCUT2D eigenvalue weighted by Crippen LogP contribution is 2.33. The molecule has 2 aromatic carbocycles. The zero-order valence-corrected chi connectivity index (χ0v) is 14.4. The summed E-state index contributed by atoms with van der Waals surface area (Å²) in [6.45, 7) is 1.93. The van der Waals surface area contributed by atoms with Crippen molar-refractivity contribution in [3.63, 3.8) is 0 Å². The maximum atomic E-state index is 13.0. The molecule has 2 aliphatic rings. The number of amides is 3. The van der Waals surface area contributed by atoms with Crippen LogP contribution in [0.5, 0.6) is 0 Å². The Labute approximate surface area is 154 Å². The summed E-state index contributed by atoms with van der Waals surface area (Å²) < 4.78 is 0. The van der Waals surface area contributed by atoms with E-state index in [-0.39, 0.29) is 11.1 Å². The molecule has 0 unspecified atom stereocenters. The third-order valence-electron chi connectivity index (χ3n) is 5.02. The van der Waals surface area contributed by atoms with Crippen LogP contribution < -0.4 is 4.90 Å². The Hall–Kier alpha value is -3.55. The van der Waals surface area contributed by atoms with Gasteiger partial charge in [-0.2, -0.15) is 0 Å². The largest absolute Gasteiger partial charge is 0.310 e. The van der Waals surface area contributed by atoms with Crippen molar-refractivity contribution in [3.8, 4) is 0 Å². The highest BCUT2D eigenvalue weighted by molar-refractivity contribution is 6.25. The average molecular weight is 365 g/mol. The van der Waals surface area contributed by atoms with Gasteiger partial charge < -0.3 is 4.90 Å². The number of anilines is 1. The van der Waals surface area contributed by atoms with Crippen molar-refractivity contribution < 1.29 is 19.3 Å². The predicted octanol–water partition coefficient (Wildman–Crippen LogP) is 2.17. The summed E-state index contributed by atoms with van der Waals surface area (Å²) in [6, 6.07) is 10.3. The summed E-state index contributed by atoms with van der Waals surface area (Å²) >= 11 is 0. The van der Waals surface area contributed by atoms with Gasteiger partial charge in [-0.05, 0) is 31.0 Å². The first kappa shape index (κ1) is 16.9. The van der Waals surface area contributed by atoms with E-state index in [2.05, 4.69) is 0 Å². The minimum Gasteiger partial charge on any atom is -0.310 e. The van der Waals surface area contributed by atoms with Gasteiger partial charge in [0.15, 0.2) is 0 Å². The minimum atomic E-state index is -1.07. The Bertz CT molecular complexity index is 1020. The summed E-state index contributed by atoms with van der Waals surface area (Å²) in [5, 5.41) is 11.2. The van der Waals surface area contributed by atoms with Gasteiger partial charge in [-0.3, -0.25) is 29.4 Å². The molecule has 136 valence electrons. The Balaban J connectivity index is 1.67. The van der Waals surface area contributed by atoms with E-state index in [9.17, 15) is 24.5 Å². The van der Waals surface area contributed by atoms with Gasteiger partial charge in [0, 0.05) is 18.3 Å². The number of fused-ring (bicyclic) bond motifs is 2. The minimum absolute atomic E-state index is 0.0457. The molecular formula is C19H15N3O5. The number of para-hydroxylation sites is 1. The first-order valence-corrected chi connectivity index (χ1v) is 8.46. The number of benzene rings is 2. The van der Waals surface area contributed by atoms with Gasteiger partial charge in [0.2, 0.25) is 5.91 Å². The van der Waals surface area contributed by atoms with Crippen molar-refractivity contribution in [3.05, 3.63) is 69.3 Å². The van der Waals surface area contributed by atoms with Crippen LogP contribution in [-0.2, 0) is 11.2 Å². The lowest BCUT2D eigenvalue weighted by atomic mass is 10.1. The molecular weight excluding hydrogens is 350 g/mol. The van der Waals surface area contributed by atoms with E-state index >= 15 is 0 Å². The number of carbonyl (C=O) groups is 3. The second-order valence-electron chi connectivity index (χ2n) is 6.48. The molecule has 0 fully saturated rings. The Kier molecular flexibility index (Phi) is 3.76. The standard InChI is InChI=1S/C19H15N3O5/c1-11(17(23)20-10-9-12-5-2-3-7-14(12)20)21-18(24)13-6-4-8-15(22(26)27)16(13)19(21)25/h2-8,11H,9-10H2,1H3/t11-/m0/s1. The molecule has 0 aliphatic carbocycles. The number of nitro groups is 1. The molecule has 1 atom stereocenters. The van der Waals surface area contributed by atoms with Crippen LogP contribution in [0, 0.1) is 10.1 Å². The number of nitro benzene ring substituents is 1. The second kappa shape index (κ2) is 6.01. The molecule has 8 heteroatoms. The maximum absolute atomic E-state index is 13.0. The third-order valence-corrected chi connectivity index (χ3v) is 5.02.